The van der Waals surface area contributed by atoms with Crippen LogP contribution in [0.15, 0.2) is 6.07 Å². The van der Waals surface area contributed by atoms with Crippen LogP contribution in [0.1, 0.15) is 39.3 Å². The van der Waals surface area contributed by atoms with Gasteiger partial charge in [0.15, 0.2) is 5.69 Å². The molecule has 0 unspecified atom stereocenters. The summed E-state index contributed by atoms with van der Waals surface area (Å²) in [6.07, 6.45) is -3.44. The van der Waals surface area contributed by atoms with Crippen molar-refractivity contribution < 1.29 is 18.3 Å². The van der Waals surface area contributed by atoms with Crippen LogP contribution in [0.3, 0.4) is 0 Å². The van der Waals surface area contributed by atoms with Gasteiger partial charge in [0.1, 0.15) is 5.82 Å². The molecule has 0 bridgehead atoms. The Morgan fingerprint density at radius 1 is 1.14 bits per heavy atom. The fourth-order valence-electron chi connectivity index (χ4n) is 1.86. The van der Waals surface area contributed by atoms with Gasteiger partial charge in [-0.05, 0) is 19.8 Å². The van der Waals surface area contributed by atoms with E-state index in [4.69, 9.17) is 0 Å². The van der Waals surface area contributed by atoms with E-state index in [9.17, 15) is 18.3 Å². The van der Waals surface area contributed by atoms with Crippen LogP contribution in [-0.4, -0.2) is 33.8 Å². The van der Waals surface area contributed by atoms with Gasteiger partial charge in [-0.25, -0.2) is 4.98 Å². The third-order valence-electron chi connectivity index (χ3n) is 3.40. The van der Waals surface area contributed by atoms with Crippen LogP contribution in [-0.2, 0) is 6.18 Å². The largest absolute Gasteiger partial charge is 0.433 e. The van der Waals surface area contributed by atoms with E-state index in [0.29, 0.717) is 19.4 Å². The van der Waals surface area contributed by atoms with Gasteiger partial charge in [-0.2, -0.15) is 18.2 Å². The van der Waals surface area contributed by atoms with Crippen molar-refractivity contribution in [2.75, 3.05) is 23.8 Å². The molecule has 0 aliphatic carbocycles. The molecule has 1 aromatic heterocycles. The smallest absolute Gasteiger partial charge is 0.394 e. The van der Waals surface area contributed by atoms with Crippen LogP contribution < -0.4 is 10.6 Å². The van der Waals surface area contributed by atoms with Crippen molar-refractivity contribution in [2.45, 2.75) is 45.3 Å². The van der Waals surface area contributed by atoms with Crippen molar-refractivity contribution in [1.82, 2.24) is 9.97 Å². The zero-order valence-corrected chi connectivity index (χ0v) is 12.4. The molecule has 5 nitrogen and oxygen atoms in total. The summed E-state index contributed by atoms with van der Waals surface area (Å²) >= 11 is 0. The monoisotopic (exact) mass is 306 g/mol. The minimum Gasteiger partial charge on any atom is -0.394 e. The molecule has 0 aromatic carbocycles. The molecule has 1 aromatic rings. The van der Waals surface area contributed by atoms with Gasteiger partial charge in [-0.1, -0.05) is 13.8 Å². The molecule has 0 aliphatic heterocycles. The van der Waals surface area contributed by atoms with Gasteiger partial charge in [0.2, 0.25) is 5.95 Å². The summed E-state index contributed by atoms with van der Waals surface area (Å²) in [5.74, 6) is -0.0418. The third-order valence-corrected chi connectivity index (χ3v) is 3.40. The molecule has 0 radical (unpaired) electrons. The van der Waals surface area contributed by atoms with Crippen LogP contribution in [0.5, 0.6) is 0 Å². The average Bonchev–Trinajstić information content (AvgIpc) is 2.44. The predicted octanol–water partition coefficient (Wildman–Crippen LogP) is 2.89. The molecule has 1 heterocycles. The Kier molecular flexibility index (Phi) is 5.77. The highest BCUT2D eigenvalue weighted by molar-refractivity contribution is 5.45. The quantitative estimate of drug-likeness (QED) is 0.722. The highest BCUT2D eigenvalue weighted by Crippen LogP contribution is 2.31. The maximum atomic E-state index is 12.9. The van der Waals surface area contributed by atoms with Crippen molar-refractivity contribution in [2.24, 2.45) is 0 Å². The third kappa shape index (κ3) is 4.45. The number of aliphatic hydroxyl groups is 1. The van der Waals surface area contributed by atoms with Crippen LogP contribution in [0, 0.1) is 0 Å². The number of alkyl halides is 3. The number of aliphatic hydroxyl groups excluding tert-OH is 1. The molecule has 120 valence electrons. The van der Waals surface area contributed by atoms with Crippen LogP contribution in [0.4, 0.5) is 24.9 Å². The number of hydrogen-bond donors (Lipinski definition) is 3. The Balaban J connectivity index is 3.19. The molecule has 0 spiro atoms. The van der Waals surface area contributed by atoms with E-state index in [-0.39, 0.29) is 18.4 Å². The Bertz CT molecular complexity index is 453. The fourth-order valence-corrected chi connectivity index (χ4v) is 1.86. The van der Waals surface area contributed by atoms with Crippen LogP contribution in [0.25, 0.3) is 0 Å². The first-order chi connectivity index (χ1) is 9.80. The SMILES string of the molecule is CCNc1nc(NC(CC)(CC)CO)cc(C(F)(F)F)n1. The number of nitrogens with one attached hydrogen (secondary N) is 2. The molecule has 0 fully saturated rings. The van der Waals surface area contributed by atoms with Gasteiger partial charge in [-0.15, -0.1) is 0 Å². The van der Waals surface area contributed by atoms with E-state index < -0.39 is 17.4 Å². The maximum Gasteiger partial charge on any atom is 0.433 e. The second-order valence-electron chi connectivity index (χ2n) is 4.76. The van der Waals surface area contributed by atoms with Crippen LogP contribution in [0.2, 0.25) is 0 Å². The predicted molar refractivity (Wildman–Crippen MR) is 75.2 cm³/mol. The summed E-state index contributed by atoms with van der Waals surface area (Å²) in [6, 6.07) is 0.858. The molecule has 0 aliphatic rings. The molecule has 8 heteroatoms. The summed E-state index contributed by atoms with van der Waals surface area (Å²) in [6.45, 7) is 5.66. The van der Waals surface area contributed by atoms with Gasteiger partial charge in [-0.3, -0.25) is 0 Å². The number of aromatic nitrogens is 2. The van der Waals surface area contributed by atoms with E-state index >= 15 is 0 Å². The lowest BCUT2D eigenvalue weighted by Crippen LogP contribution is -2.41. The molecular weight excluding hydrogens is 285 g/mol. The van der Waals surface area contributed by atoms with Crippen LogP contribution >= 0.6 is 0 Å². The second kappa shape index (κ2) is 6.93. The Hall–Kier alpha value is -1.57. The molecule has 1 rings (SSSR count). The van der Waals surface area contributed by atoms with E-state index in [1.54, 1.807) is 6.92 Å². The van der Waals surface area contributed by atoms with Crippen molar-refractivity contribution in [3.8, 4) is 0 Å². The first kappa shape index (κ1) is 17.5. The lowest BCUT2D eigenvalue weighted by atomic mass is 9.94. The van der Waals surface area contributed by atoms with E-state index in [1.165, 1.54) is 0 Å². The molecular formula is C13H21F3N4O. The first-order valence-electron chi connectivity index (χ1n) is 6.89. The van der Waals surface area contributed by atoms with Gasteiger partial charge in [0.25, 0.3) is 0 Å². The maximum absolute atomic E-state index is 12.9. The van der Waals surface area contributed by atoms with Crippen molar-refractivity contribution in [1.29, 1.82) is 0 Å². The summed E-state index contributed by atoms with van der Waals surface area (Å²) in [5.41, 5.74) is -1.71. The highest BCUT2D eigenvalue weighted by atomic mass is 19.4. The minimum absolute atomic E-state index is 0.0472. The Labute approximate surface area is 122 Å². The molecule has 21 heavy (non-hydrogen) atoms. The number of anilines is 2. The zero-order valence-electron chi connectivity index (χ0n) is 12.4. The number of nitrogens with zero attached hydrogens (tertiary/aromatic N) is 2. The number of hydrogen-bond acceptors (Lipinski definition) is 5. The molecule has 3 N–H and O–H groups in total. The van der Waals surface area contributed by atoms with E-state index in [1.807, 2.05) is 13.8 Å². The summed E-state index contributed by atoms with van der Waals surface area (Å²) in [7, 11) is 0. The van der Waals surface area contributed by atoms with Gasteiger partial charge in [0.05, 0.1) is 12.1 Å². The highest BCUT2D eigenvalue weighted by Gasteiger charge is 2.34. The number of halogens is 3. The normalized spacial score (nSPS) is 12.3. The standard InChI is InChI=1S/C13H21F3N4O/c1-4-12(5-2,8-21)20-10-7-9(13(14,15)16)18-11(19-10)17-6-3/h7,21H,4-6,8H2,1-3H3,(H2,17,18,19,20). The van der Waals surface area contributed by atoms with Gasteiger partial charge < -0.3 is 15.7 Å². The first-order valence-corrected chi connectivity index (χ1v) is 6.89. The summed E-state index contributed by atoms with van der Waals surface area (Å²) in [4.78, 5) is 7.47. The minimum atomic E-state index is -4.55. The Morgan fingerprint density at radius 2 is 1.76 bits per heavy atom. The second-order valence-corrected chi connectivity index (χ2v) is 4.76. The zero-order chi connectivity index (χ0) is 16.1. The lowest BCUT2D eigenvalue weighted by Gasteiger charge is -2.31. The van der Waals surface area contributed by atoms with Crippen molar-refractivity contribution >= 4 is 11.8 Å². The van der Waals surface area contributed by atoms with Crippen molar-refractivity contribution in [3.05, 3.63) is 11.8 Å². The molecule has 0 amide bonds. The Morgan fingerprint density at radius 3 is 2.19 bits per heavy atom. The molecule has 0 atom stereocenters. The van der Waals surface area contributed by atoms with Gasteiger partial charge >= 0.3 is 6.18 Å². The number of rotatable bonds is 7. The topological polar surface area (TPSA) is 70.1 Å². The summed E-state index contributed by atoms with van der Waals surface area (Å²) < 4.78 is 38.6. The molecule has 0 saturated carbocycles. The molecule has 0 saturated heterocycles. The average molecular weight is 306 g/mol. The van der Waals surface area contributed by atoms with Gasteiger partial charge in [0, 0.05) is 12.6 Å². The van der Waals surface area contributed by atoms with Crippen molar-refractivity contribution in [3.63, 3.8) is 0 Å². The summed E-state index contributed by atoms with van der Waals surface area (Å²) in [5, 5.41) is 15.1. The van der Waals surface area contributed by atoms with E-state index in [0.717, 1.165) is 6.07 Å². The fraction of sp³-hybridized carbons (Fsp3) is 0.692. The van der Waals surface area contributed by atoms with E-state index in [2.05, 4.69) is 20.6 Å². The lowest BCUT2D eigenvalue weighted by molar-refractivity contribution is -0.141.